The summed E-state index contributed by atoms with van der Waals surface area (Å²) < 4.78 is 5.66. The van der Waals surface area contributed by atoms with E-state index in [9.17, 15) is 14.9 Å². The highest BCUT2D eigenvalue weighted by atomic mass is 16.6. The van der Waals surface area contributed by atoms with E-state index in [1.165, 1.54) is 12.1 Å². The third kappa shape index (κ3) is 4.32. The van der Waals surface area contributed by atoms with Crippen molar-refractivity contribution in [2.45, 2.75) is 26.7 Å². The summed E-state index contributed by atoms with van der Waals surface area (Å²) in [7, 11) is 0. The number of carbonyl (C=O) groups is 1. The molecule has 6 heteroatoms. The number of amides is 1. The number of hydrogen-bond donors (Lipinski definition) is 1. The van der Waals surface area contributed by atoms with Crippen LogP contribution in [0.15, 0.2) is 42.5 Å². The van der Waals surface area contributed by atoms with Crippen LogP contribution in [0, 0.1) is 17.0 Å². The van der Waals surface area contributed by atoms with Crippen LogP contribution in [-0.4, -0.2) is 17.4 Å². The molecule has 1 amide bonds. The molecule has 0 unspecified atom stereocenters. The van der Waals surface area contributed by atoms with Gasteiger partial charge in [-0.2, -0.15) is 0 Å². The molecule has 0 fully saturated rings. The molecule has 0 bridgehead atoms. The molecule has 1 N–H and O–H groups in total. The molecule has 0 aliphatic carbocycles. The Morgan fingerprint density at radius 1 is 1.25 bits per heavy atom. The summed E-state index contributed by atoms with van der Waals surface area (Å²) in [6.07, 6.45) is 1.90. The number of ether oxygens (including phenoxy) is 1. The third-order valence-electron chi connectivity index (χ3n) is 3.57. The van der Waals surface area contributed by atoms with Gasteiger partial charge in [0.05, 0.1) is 22.8 Å². The number of nitro groups is 1. The first-order valence-electron chi connectivity index (χ1n) is 7.81. The van der Waals surface area contributed by atoms with Crippen LogP contribution in [0.4, 0.5) is 11.4 Å². The van der Waals surface area contributed by atoms with E-state index in [4.69, 9.17) is 4.74 Å². The Hall–Kier alpha value is -2.89. The number of rotatable bonds is 7. The van der Waals surface area contributed by atoms with Crippen molar-refractivity contribution in [1.82, 2.24) is 0 Å². The van der Waals surface area contributed by atoms with Gasteiger partial charge < -0.3 is 10.1 Å². The molecule has 0 radical (unpaired) electrons. The summed E-state index contributed by atoms with van der Waals surface area (Å²) in [5.74, 6) is 0.150. The molecule has 0 atom stereocenters. The van der Waals surface area contributed by atoms with E-state index in [0.29, 0.717) is 23.6 Å². The van der Waals surface area contributed by atoms with Gasteiger partial charge in [0.15, 0.2) is 0 Å². The molecular weight excluding hydrogens is 308 g/mol. The van der Waals surface area contributed by atoms with E-state index in [0.717, 1.165) is 18.4 Å². The van der Waals surface area contributed by atoms with Gasteiger partial charge in [0.25, 0.3) is 11.6 Å². The van der Waals surface area contributed by atoms with E-state index >= 15 is 0 Å². The van der Waals surface area contributed by atoms with Crippen molar-refractivity contribution in [2.24, 2.45) is 0 Å². The van der Waals surface area contributed by atoms with Crippen LogP contribution in [0.2, 0.25) is 0 Å². The second kappa shape index (κ2) is 8.10. The fourth-order valence-electron chi connectivity index (χ4n) is 2.15. The number of aryl methyl sites for hydroxylation is 1. The standard InChI is InChI=1S/C18H20N2O4/c1-3-4-11-24-17-8-6-5-7-15(17)18(21)19-16-12-14(20(22)23)10-9-13(16)2/h5-10,12H,3-4,11H2,1-2H3,(H,19,21). The molecule has 0 spiro atoms. The number of anilines is 1. The lowest BCUT2D eigenvalue weighted by Crippen LogP contribution is -2.14. The van der Waals surface area contributed by atoms with Gasteiger partial charge in [-0.3, -0.25) is 14.9 Å². The van der Waals surface area contributed by atoms with E-state index < -0.39 is 4.92 Å². The third-order valence-corrected chi connectivity index (χ3v) is 3.57. The zero-order valence-electron chi connectivity index (χ0n) is 13.7. The second-order valence-corrected chi connectivity index (χ2v) is 5.41. The zero-order valence-corrected chi connectivity index (χ0v) is 13.7. The van der Waals surface area contributed by atoms with Gasteiger partial charge in [0.2, 0.25) is 0 Å². The van der Waals surface area contributed by atoms with Crippen LogP contribution < -0.4 is 10.1 Å². The van der Waals surface area contributed by atoms with Gasteiger partial charge in [-0.05, 0) is 31.0 Å². The van der Waals surface area contributed by atoms with Crippen molar-refractivity contribution in [3.05, 3.63) is 63.7 Å². The summed E-state index contributed by atoms with van der Waals surface area (Å²) in [6.45, 7) is 4.38. The summed E-state index contributed by atoms with van der Waals surface area (Å²) in [5, 5.41) is 13.6. The second-order valence-electron chi connectivity index (χ2n) is 5.41. The van der Waals surface area contributed by atoms with Crippen molar-refractivity contribution in [3.8, 4) is 5.75 Å². The monoisotopic (exact) mass is 328 g/mol. The maximum atomic E-state index is 12.5. The van der Waals surface area contributed by atoms with Gasteiger partial charge in [-0.1, -0.05) is 31.5 Å². The van der Waals surface area contributed by atoms with Crippen LogP contribution in [0.5, 0.6) is 5.75 Å². The number of benzene rings is 2. The van der Waals surface area contributed by atoms with Crippen molar-refractivity contribution < 1.29 is 14.5 Å². The number of para-hydroxylation sites is 1. The minimum Gasteiger partial charge on any atom is -0.493 e. The lowest BCUT2D eigenvalue weighted by molar-refractivity contribution is -0.384. The van der Waals surface area contributed by atoms with Gasteiger partial charge >= 0.3 is 0 Å². The number of carbonyl (C=O) groups excluding carboxylic acids is 1. The molecule has 6 nitrogen and oxygen atoms in total. The molecule has 0 aliphatic rings. The fraction of sp³-hybridized carbons (Fsp3) is 0.278. The molecule has 0 saturated carbocycles. The Balaban J connectivity index is 2.21. The summed E-state index contributed by atoms with van der Waals surface area (Å²) in [5.41, 5.74) is 1.50. The summed E-state index contributed by atoms with van der Waals surface area (Å²) >= 11 is 0. The van der Waals surface area contributed by atoms with Crippen LogP contribution >= 0.6 is 0 Å². The minimum atomic E-state index is -0.489. The van der Waals surface area contributed by atoms with Gasteiger partial charge in [-0.25, -0.2) is 0 Å². The minimum absolute atomic E-state index is 0.0663. The first-order chi connectivity index (χ1) is 11.5. The van der Waals surface area contributed by atoms with E-state index in [1.807, 2.05) is 0 Å². The molecule has 2 aromatic rings. The Labute approximate surface area is 140 Å². The Kier molecular flexibility index (Phi) is 5.89. The topological polar surface area (TPSA) is 81.5 Å². The number of non-ortho nitro benzene ring substituents is 1. The average molecular weight is 328 g/mol. The van der Waals surface area contributed by atoms with Gasteiger partial charge in [-0.15, -0.1) is 0 Å². The van der Waals surface area contributed by atoms with Crippen molar-refractivity contribution >= 4 is 17.3 Å². The largest absolute Gasteiger partial charge is 0.493 e. The Bertz CT molecular complexity index is 744. The quantitative estimate of drug-likeness (QED) is 0.466. The molecule has 0 heterocycles. The first kappa shape index (κ1) is 17.5. The summed E-state index contributed by atoms with van der Waals surface area (Å²) in [4.78, 5) is 22.9. The molecule has 126 valence electrons. The van der Waals surface area contributed by atoms with E-state index in [1.54, 1.807) is 37.3 Å². The zero-order chi connectivity index (χ0) is 17.5. The highest BCUT2D eigenvalue weighted by Crippen LogP contribution is 2.24. The molecule has 0 aromatic heterocycles. The maximum absolute atomic E-state index is 12.5. The van der Waals surface area contributed by atoms with Crippen molar-refractivity contribution in [3.63, 3.8) is 0 Å². The molecule has 2 aromatic carbocycles. The van der Waals surface area contributed by atoms with Crippen LogP contribution in [0.3, 0.4) is 0 Å². The maximum Gasteiger partial charge on any atom is 0.271 e. The highest BCUT2D eigenvalue weighted by molar-refractivity contribution is 6.06. The number of nitrogens with zero attached hydrogens (tertiary/aromatic N) is 1. The number of nitro benzene ring substituents is 1. The lowest BCUT2D eigenvalue weighted by Gasteiger charge is -2.12. The van der Waals surface area contributed by atoms with Crippen LogP contribution in [-0.2, 0) is 0 Å². The Morgan fingerprint density at radius 2 is 2.00 bits per heavy atom. The smallest absolute Gasteiger partial charge is 0.271 e. The van der Waals surface area contributed by atoms with Crippen molar-refractivity contribution in [2.75, 3.05) is 11.9 Å². The molecule has 0 aliphatic heterocycles. The normalized spacial score (nSPS) is 10.2. The number of unbranched alkanes of at least 4 members (excludes halogenated alkanes) is 1. The lowest BCUT2D eigenvalue weighted by atomic mass is 10.1. The number of nitrogens with one attached hydrogen (secondary N) is 1. The van der Waals surface area contributed by atoms with Crippen LogP contribution in [0.1, 0.15) is 35.7 Å². The number of hydrogen-bond acceptors (Lipinski definition) is 4. The van der Waals surface area contributed by atoms with Gasteiger partial charge in [0, 0.05) is 12.1 Å². The molecular formula is C18H20N2O4. The molecule has 2 rings (SSSR count). The highest BCUT2D eigenvalue weighted by Gasteiger charge is 2.15. The fourth-order valence-corrected chi connectivity index (χ4v) is 2.15. The summed E-state index contributed by atoms with van der Waals surface area (Å²) in [6, 6.07) is 11.3. The Morgan fingerprint density at radius 3 is 2.71 bits per heavy atom. The van der Waals surface area contributed by atoms with Crippen molar-refractivity contribution in [1.29, 1.82) is 0 Å². The van der Waals surface area contributed by atoms with Crippen LogP contribution in [0.25, 0.3) is 0 Å². The van der Waals surface area contributed by atoms with E-state index in [2.05, 4.69) is 12.2 Å². The van der Waals surface area contributed by atoms with Gasteiger partial charge in [0.1, 0.15) is 5.75 Å². The molecule has 24 heavy (non-hydrogen) atoms. The first-order valence-corrected chi connectivity index (χ1v) is 7.81. The predicted octanol–water partition coefficient (Wildman–Crippen LogP) is 4.33. The predicted molar refractivity (Wildman–Crippen MR) is 92.6 cm³/mol. The molecule has 0 saturated heterocycles. The van der Waals surface area contributed by atoms with E-state index in [-0.39, 0.29) is 11.6 Å². The SMILES string of the molecule is CCCCOc1ccccc1C(=O)Nc1cc([N+](=O)[O-])ccc1C. The average Bonchev–Trinajstić information content (AvgIpc) is 2.57.